The summed E-state index contributed by atoms with van der Waals surface area (Å²) in [6, 6.07) is 5.04. The maximum atomic E-state index is 14.4. The van der Waals surface area contributed by atoms with Crippen molar-refractivity contribution in [3.8, 4) is 5.75 Å². The van der Waals surface area contributed by atoms with E-state index in [1.165, 1.54) is 11.7 Å². The van der Waals surface area contributed by atoms with Crippen LogP contribution in [0.1, 0.15) is 44.4 Å². The molecule has 0 radical (unpaired) electrons. The SMILES string of the molecule is CCC(=BN(C)N)N1CCN(c2cc(Cc3cc(OC4(C)CC4)c(F)cc3N)ncn2)CC1. The molecule has 0 bridgehead atoms. The van der Waals surface area contributed by atoms with Crippen LogP contribution in [0, 0.1) is 5.82 Å². The molecule has 0 spiro atoms. The van der Waals surface area contributed by atoms with Gasteiger partial charge in [0.15, 0.2) is 5.82 Å². The van der Waals surface area contributed by atoms with Gasteiger partial charge in [-0.25, -0.2) is 4.39 Å². The molecule has 1 aliphatic heterocycles. The molecule has 1 saturated heterocycles. The van der Waals surface area contributed by atoms with Crippen LogP contribution in [0.2, 0.25) is 0 Å². The molecule has 0 atom stereocenters. The summed E-state index contributed by atoms with van der Waals surface area (Å²) in [6.07, 6.45) is 4.88. The van der Waals surface area contributed by atoms with Crippen molar-refractivity contribution in [1.82, 2.24) is 19.8 Å². The van der Waals surface area contributed by atoms with Crippen molar-refractivity contribution in [1.29, 1.82) is 0 Å². The Bertz CT molecular complexity index is 1020. The van der Waals surface area contributed by atoms with Crippen LogP contribution in [0.5, 0.6) is 5.75 Å². The molecular weight excluding hydrogens is 420 g/mol. The molecule has 2 fully saturated rings. The van der Waals surface area contributed by atoms with Crippen LogP contribution in [0.4, 0.5) is 15.9 Å². The first-order valence-electron chi connectivity index (χ1n) is 11.5. The van der Waals surface area contributed by atoms with Crippen molar-refractivity contribution >= 4 is 24.1 Å². The minimum atomic E-state index is -0.424. The monoisotopic (exact) mass is 453 g/mol. The summed E-state index contributed by atoms with van der Waals surface area (Å²) in [5, 5.41) is 0. The van der Waals surface area contributed by atoms with Crippen LogP contribution in [0.15, 0.2) is 24.5 Å². The second-order valence-electron chi connectivity index (χ2n) is 9.19. The number of piperazine rings is 1. The van der Waals surface area contributed by atoms with Crippen molar-refractivity contribution in [2.45, 2.75) is 45.1 Å². The van der Waals surface area contributed by atoms with Gasteiger partial charge in [0.1, 0.15) is 5.60 Å². The molecular formula is C23H33BFN7O. The quantitative estimate of drug-likeness (QED) is 0.271. The van der Waals surface area contributed by atoms with E-state index in [1.807, 2.05) is 27.1 Å². The first kappa shape index (κ1) is 23.3. The first-order valence-corrected chi connectivity index (χ1v) is 11.5. The summed E-state index contributed by atoms with van der Waals surface area (Å²) in [6.45, 7) is 7.65. The summed E-state index contributed by atoms with van der Waals surface area (Å²) >= 11 is 0. The van der Waals surface area contributed by atoms with Gasteiger partial charge in [0.05, 0.1) is 0 Å². The fourth-order valence-electron chi connectivity index (χ4n) is 4.09. The summed E-state index contributed by atoms with van der Waals surface area (Å²) in [7, 11) is 3.82. The third-order valence-corrected chi connectivity index (χ3v) is 6.31. The average molecular weight is 453 g/mol. The van der Waals surface area contributed by atoms with Crippen molar-refractivity contribution in [3.05, 3.63) is 41.6 Å². The van der Waals surface area contributed by atoms with Crippen LogP contribution in [0.25, 0.3) is 0 Å². The van der Waals surface area contributed by atoms with Gasteiger partial charge in [0.25, 0.3) is 0 Å². The first-order chi connectivity index (χ1) is 15.8. The molecule has 1 aromatic carbocycles. The summed E-state index contributed by atoms with van der Waals surface area (Å²) in [5.74, 6) is 6.52. The maximum absolute atomic E-state index is 14.4. The molecule has 0 amide bonds. The Balaban J connectivity index is 1.44. The predicted octanol–water partition coefficient (Wildman–Crippen LogP) is 1.81. The third-order valence-electron chi connectivity index (χ3n) is 6.31. The van der Waals surface area contributed by atoms with E-state index in [-0.39, 0.29) is 11.4 Å². The van der Waals surface area contributed by atoms with E-state index in [4.69, 9.17) is 16.3 Å². The number of nitrogens with two attached hydrogens (primary N) is 2. The second kappa shape index (κ2) is 9.55. The van der Waals surface area contributed by atoms with Gasteiger partial charge < -0.3 is 4.74 Å². The fraction of sp³-hybridized carbons (Fsp3) is 0.522. The Kier molecular flexibility index (Phi) is 6.74. The molecule has 0 unspecified atom stereocenters. The zero-order valence-corrected chi connectivity index (χ0v) is 19.7. The number of benzene rings is 1. The van der Waals surface area contributed by atoms with Gasteiger partial charge in [0, 0.05) is 0 Å². The van der Waals surface area contributed by atoms with E-state index >= 15 is 0 Å². The average Bonchev–Trinajstić information content (AvgIpc) is 3.52. The number of rotatable bonds is 8. The molecule has 1 aliphatic carbocycles. The van der Waals surface area contributed by atoms with E-state index in [2.05, 4.69) is 26.7 Å². The van der Waals surface area contributed by atoms with Crippen LogP contribution in [-0.4, -0.2) is 71.3 Å². The van der Waals surface area contributed by atoms with Gasteiger partial charge in [-0.3, -0.25) is 0 Å². The molecule has 2 aromatic rings. The Morgan fingerprint density at radius 2 is 1.94 bits per heavy atom. The second-order valence-corrected chi connectivity index (χ2v) is 9.19. The molecule has 1 saturated carbocycles. The molecule has 8 nitrogen and oxygen atoms in total. The number of hydrogen-bond donors (Lipinski definition) is 2. The Hall–Kier alpha value is -2.88. The number of hydrazine groups is 1. The van der Waals surface area contributed by atoms with Gasteiger partial charge >= 0.3 is 155 Å². The van der Waals surface area contributed by atoms with Crippen molar-refractivity contribution in [3.63, 3.8) is 0 Å². The molecule has 4 rings (SSSR count). The van der Waals surface area contributed by atoms with E-state index < -0.39 is 5.82 Å². The van der Waals surface area contributed by atoms with Gasteiger partial charge in [-0.15, -0.1) is 0 Å². The summed E-state index contributed by atoms with van der Waals surface area (Å²) in [4.78, 5) is 15.2. The number of anilines is 2. The number of hydrogen-bond acceptors (Lipinski definition) is 8. The van der Waals surface area contributed by atoms with E-state index in [0.29, 0.717) is 12.1 Å². The van der Waals surface area contributed by atoms with Crippen molar-refractivity contribution in [2.24, 2.45) is 5.84 Å². The predicted molar refractivity (Wildman–Crippen MR) is 131 cm³/mol. The summed E-state index contributed by atoms with van der Waals surface area (Å²) in [5.41, 5.74) is 9.12. The molecule has 4 N–H and O–H groups in total. The standard InChI is InChI=1S/C23H33BFN7O/c1-4-21(24-30(3)27)31-7-9-32(10-8-31)22-13-17(28-15-29-22)11-16-12-20(18(25)14-19(16)26)33-23(2)5-6-23/h12-15H,4-11,26-27H2,1-3H3. The fourth-order valence-corrected chi connectivity index (χ4v) is 4.09. The molecule has 176 valence electrons. The van der Waals surface area contributed by atoms with Crippen LogP contribution >= 0.6 is 0 Å². The van der Waals surface area contributed by atoms with Crippen LogP contribution in [0.3, 0.4) is 0 Å². The summed E-state index contributed by atoms with van der Waals surface area (Å²) < 4.78 is 20.2. The number of aromatic nitrogens is 2. The van der Waals surface area contributed by atoms with E-state index in [9.17, 15) is 4.39 Å². The normalized spacial score (nSPS) is 17.5. The van der Waals surface area contributed by atoms with Crippen LogP contribution in [-0.2, 0) is 6.42 Å². The van der Waals surface area contributed by atoms with Crippen molar-refractivity contribution in [2.75, 3.05) is 43.9 Å². The van der Waals surface area contributed by atoms with E-state index in [0.717, 1.165) is 62.5 Å². The third kappa shape index (κ3) is 5.74. The number of halogens is 1. The van der Waals surface area contributed by atoms with E-state index in [1.54, 1.807) is 17.3 Å². The molecule has 33 heavy (non-hydrogen) atoms. The number of nitrogens with zero attached hydrogens (tertiary/aromatic N) is 5. The Morgan fingerprint density at radius 1 is 1.21 bits per heavy atom. The van der Waals surface area contributed by atoms with Gasteiger partial charge in [-0.2, -0.15) is 0 Å². The van der Waals surface area contributed by atoms with Crippen LogP contribution < -0.4 is 21.2 Å². The Morgan fingerprint density at radius 3 is 2.58 bits per heavy atom. The zero-order valence-electron chi connectivity index (χ0n) is 19.7. The van der Waals surface area contributed by atoms with Gasteiger partial charge in [0.2, 0.25) is 0 Å². The molecule has 1 aromatic heterocycles. The molecule has 2 heterocycles. The topological polar surface area (TPSA) is 96.8 Å². The van der Waals surface area contributed by atoms with Gasteiger partial charge in [-0.1, -0.05) is 0 Å². The van der Waals surface area contributed by atoms with Crippen molar-refractivity contribution < 1.29 is 9.13 Å². The number of nitrogen functional groups attached to an aromatic ring is 1. The molecule has 2 aliphatic rings. The Labute approximate surface area is 195 Å². The zero-order chi connectivity index (χ0) is 23.6. The molecule has 10 heteroatoms. The number of ether oxygens (including phenoxy) is 1. The van der Waals surface area contributed by atoms with Gasteiger partial charge in [-0.05, 0) is 19.8 Å². The minimum absolute atomic E-state index is 0.257.